The number of aryl methyl sites for hydroxylation is 1. The number of piperidine rings is 1. The highest BCUT2D eigenvalue weighted by Gasteiger charge is 2.22. The predicted molar refractivity (Wildman–Crippen MR) is 84.5 cm³/mol. The molecular weight excluding hydrogens is 348 g/mol. The van der Waals surface area contributed by atoms with Gasteiger partial charge in [0.1, 0.15) is 5.76 Å². The fraction of sp³-hybridized carbons (Fsp3) is 0.533. The summed E-state index contributed by atoms with van der Waals surface area (Å²) in [6.45, 7) is 5.62. The summed E-state index contributed by atoms with van der Waals surface area (Å²) in [6, 6.07) is 0.440. The fourth-order valence-corrected chi connectivity index (χ4v) is 2.91. The van der Waals surface area contributed by atoms with Gasteiger partial charge in [-0.3, -0.25) is 4.90 Å². The van der Waals surface area contributed by atoms with Crippen LogP contribution in [0.5, 0.6) is 6.01 Å². The summed E-state index contributed by atoms with van der Waals surface area (Å²) < 4.78 is 11.7. The minimum Gasteiger partial charge on any atom is -0.463 e. The Morgan fingerprint density at radius 3 is 2.91 bits per heavy atom. The third kappa shape index (κ3) is 4.04. The molecule has 2 aromatic heterocycles. The number of rotatable bonds is 5. The number of nitrogens with zero attached hydrogens (tertiary/aromatic N) is 4. The van der Waals surface area contributed by atoms with Gasteiger partial charge in [-0.1, -0.05) is 5.16 Å². The summed E-state index contributed by atoms with van der Waals surface area (Å²) in [6.07, 6.45) is 7.56. The van der Waals surface area contributed by atoms with Crippen LogP contribution in [0.4, 0.5) is 0 Å². The van der Waals surface area contributed by atoms with Crippen molar-refractivity contribution in [3.05, 3.63) is 34.4 Å². The first-order valence-electron chi connectivity index (χ1n) is 7.43. The first-order chi connectivity index (χ1) is 10.7. The van der Waals surface area contributed by atoms with Crippen molar-refractivity contribution in [3.8, 4) is 6.01 Å². The van der Waals surface area contributed by atoms with E-state index in [-0.39, 0.29) is 0 Å². The molecule has 0 N–H and O–H groups in total. The lowest BCUT2D eigenvalue weighted by Gasteiger charge is -2.32. The Labute approximate surface area is 138 Å². The van der Waals surface area contributed by atoms with Gasteiger partial charge in [0.15, 0.2) is 0 Å². The van der Waals surface area contributed by atoms with Crippen molar-refractivity contribution >= 4 is 15.9 Å². The zero-order chi connectivity index (χ0) is 15.4. The topological polar surface area (TPSA) is 64.3 Å². The van der Waals surface area contributed by atoms with Crippen molar-refractivity contribution in [2.45, 2.75) is 26.3 Å². The van der Waals surface area contributed by atoms with Gasteiger partial charge in [-0.2, -0.15) is 0 Å². The van der Waals surface area contributed by atoms with Crippen LogP contribution in [0.2, 0.25) is 0 Å². The number of aromatic nitrogens is 3. The van der Waals surface area contributed by atoms with Crippen molar-refractivity contribution in [3.63, 3.8) is 0 Å². The zero-order valence-corrected chi connectivity index (χ0v) is 14.1. The van der Waals surface area contributed by atoms with E-state index >= 15 is 0 Å². The van der Waals surface area contributed by atoms with Crippen molar-refractivity contribution < 1.29 is 9.26 Å². The van der Waals surface area contributed by atoms with Crippen LogP contribution in [-0.4, -0.2) is 39.7 Å². The van der Waals surface area contributed by atoms with Crippen molar-refractivity contribution in [2.24, 2.45) is 5.92 Å². The molecule has 1 unspecified atom stereocenters. The van der Waals surface area contributed by atoms with E-state index in [1.165, 1.54) is 12.8 Å². The Morgan fingerprint density at radius 1 is 1.36 bits per heavy atom. The quantitative estimate of drug-likeness (QED) is 0.810. The summed E-state index contributed by atoms with van der Waals surface area (Å²) in [5.74, 6) is 1.41. The third-order valence-corrected chi connectivity index (χ3v) is 4.30. The molecule has 6 nitrogen and oxygen atoms in total. The zero-order valence-electron chi connectivity index (χ0n) is 12.5. The van der Waals surface area contributed by atoms with Crippen LogP contribution in [0.25, 0.3) is 0 Å². The molecule has 3 heterocycles. The van der Waals surface area contributed by atoms with E-state index in [4.69, 9.17) is 9.26 Å². The van der Waals surface area contributed by atoms with Crippen LogP contribution in [0, 0.1) is 12.8 Å². The maximum absolute atomic E-state index is 5.71. The Kier molecular flexibility index (Phi) is 5.04. The smallest absolute Gasteiger partial charge is 0.316 e. The average molecular weight is 367 g/mol. The molecule has 0 spiro atoms. The lowest BCUT2D eigenvalue weighted by Crippen LogP contribution is -2.37. The predicted octanol–water partition coefficient (Wildman–Crippen LogP) is 2.83. The standard InChI is InChI=1S/C15H19BrN4O2/c1-11-13(5-19-22-11)9-20-4-2-3-12(8-20)10-21-15-17-6-14(16)7-18-15/h5-7,12H,2-4,8-10H2,1H3. The molecule has 22 heavy (non-hydrogen) atoms. The SMILES string of the molecule is Cc1oncc1CN1CCCC(COc2ncc(Br)cn2)C1. The number of halogens is 1. The second-order valence-corrected chi connectivity index (χ2v) is 6.56. The number of hydrogen-bond donors (Lipinski definition) is 0. The molecule has 0 amide bonds. The molecule has 1 aliphatic rings. The Hall–Kier alpha value is -1.47. The van der Waals surface area contributed by atoms with Gasteiger partial charge in [-0.05, 0) is 42.2 Å². The maximum Gasteiger partial charge on any atom is 0.316 e. The molecule has 3 rings (SSSR count). The second kappa shape index (κ2) is 7.19. The minimum atomic E-state index is 0.440. The Bertz CT molecular complexity index is 602. The van der Waals surface area contributed by atoms with Gasteiger partial charge in [0.25, 0.3) is 0 Å². The molecule has 2 aromatic rings. The number of likely N-dealkylation sites (tertiary alicyclic amines) is 1. The second-order valence-electron chi connectivity index (χ2n) is 5.65. The van der Waals surface area contributed by atoms with E-state index in [1.807, 2.05) is 13.1 Å². The molecule has 0 aromatic carbocycles. The van der Waals surface area contributed by atoms with Crippen LogP contribution >= 0.6 is 15.9 Å². The highest BCUT2D eigenvalue weighted by Crippen LogP contribution is 2.20. The average Bonchev–Trinajstić information content (AvgIpc) is 2.92. The van der Waals surface area contributed by atoms with Crippen LogP contribution in [0.3, 0.4) is 0 Å². The maximum atomic E-state index is 5.71. The van der Waals surface area contributed by atoms with Crippen molar-refractivity contribution in [1.29, 1.82) is 0 Å². The number of ether oxygens (including phenoxy) is 1. The first-order valence-corrected chi connectivity index (χ1v) is 8.23. The van der Waals surface area contributed by atoms with E-state index < -0.39 is 0 Å². The van der Waals surface area contributed by atoms with Crippen LogP contribution in [0.15, 0.2) is 27.6 Å². The summed E-state index contributed by atoms with van der Waals surface area (Å²) in [5.41, 5.74) is 1.16. The summed E-state index contributed by atoms with van der Waals surface area (Å²) in [5, 5.41) is 3.84. The van der Waals surface area contributed by atoms with Crippen molar-refractivity contribution in [1.82, 2.24) is 20.0 Å². The molecule has 1 atom stereocenters. The fourth-order valence-electron chi connectivity index (χ4n) is 2.71. The van der Waals surface area contributed by atoms with E-state index in [0.717, 1.165) is 35.4 Å². The molecule has 0 saturated carbocycles. The van der Waals surface area contributed by atoms with Gasteiger partial charge in [0.2, 0.25) is 0 Å². The molecule has 0 aliphatic carbocycles. The molecule has 0 bridgehead atoms. The molecule has 118 valence electrons. The molecule has 7 heteroatoms. The summed E-state index contributed by atoms with van der Waals surface area (Å²) in [7, 11) is 0. The molecule has 1 saturated heterocycles. The summed E-state index contributed by atoms with van der Waals surface area (Å²) >= 11 is 3.32. The van der Waals surface area contributed by atoms with Crippen LogP contribution in [0.1, 0.15) is 24.2 Å². The van der Waals surface area contributed by atoms with E-state index in [0.29, 0.717) is 18.5 Å². The number of hydrogen-bond acceptors (Lipinski definition) is 6. The highest BCUT2D eigenvalue weighted by molar-refractivity contribution is 9.10. The largest absolute Gasteiger partial charge is 0.463 e. The van der Waals surface area contributed by atoms with E-state index in [9.17, 15) is 0 Å². The molecule has 1 aliphatic heterocycles. The molecular formula is C15H19BrN4O2. The van der Waals surface area contributed by atoms with Gasteiger partial charge >= 0.3 is 6.01 Å². The minimum absolute atomic E-state index is 0.440. The van der Waals surface area contributed by atoms with Crippen LogP contribution < -0.4 is 4.74 Å². The summed E-state index contributed by atoms with van der Waals surface area (Å²) in [4.78, 5) is 10.7. The first kappa shape index (κ1) is 15.4. The monoisotopic (exact) mass is 366 g/mol. The van der Waals surface area contributed by atoms with Crippen molar-refractivity contribution in [2.75, 3.05) is 19.7 Å². The third-order valence-electron chi connectivity index (χ3n) is 3.89. The van der Waals surface area contributed by atoms with Gasteiger partial charge < -0.3 is 9.26 Å². The Balaban J connectivity index is 1.50. The highest BCUT2D eigenvalue weighted by atomic mass is 79.9. The lowest BCUT2D eigenvalue weighted by molar-refractivity contribution is 0.120. The lowest BCUT2D eigenvalue weighted by atomic mass is 9.98. The van der Waals surface area contributed by atoms with E-state index in [2.05, 4.69) is 36.0 Å². The Morgan fingerprint density at radius 2 is 2.18 bits per heavy atom. The molecule has 1 fully saturated rings. The van der Waals surface area contributed by atoms with E-state index in [1.54, 1.807) is 12.4 Å². The van der Waals surface area contributed by atoms with Gasteiger partial charge in [0, 0.05) is 37.0 Å². The van der Waals surface area contributed by atoms with Gasteiger partial charge in [0.05, 0.1) is 17.3 Å². The van der Waals surface area contributed by atoms with Gasteiger partial charge in [-0.15, -0.1) is 0 Å². The van der Waals surface area contributed by atoms with Gasteiger partial charge in [-0.25, -0.2) is 9.97 Å². The molecule has 0 radical (unpaired) electrons. The van der Waals surface area contributed by atoms with Crippen LogP contribution in [-0.2, 0) is 6.54 Å². The normalized spacial score (nSPS) is 19.3.